The van der Waals surface area contributed by atoms with Crippen LogP contribution in [0.25, 0.3) is 0 Å². The zero-order valence-electron chi connectivity index (χ0n) is 13.4. The molecule has 1 aliphatic carbocycles. The second-order valence-electron chi connectivity index (χ2n) is 5.97. The normalized spacial score (nSPS) is 19.6. The molecule has 4 heteroatoms. The monoisotopic (exact) mass is 313 g/mol. The lowest BCUT2D eigenvalue weighted by Crippen LogP contribution is -2.43. The van der Waals surface area contributed by atoms with E-state index >= 15 is 0 Å². The number of rotatable bonds is 6. The molecule has 0 saturated heterocycles. The summed E-state index contributed by atoms with van der Waals surface area (Å²) in [5, 5.41) is 23.5. The first-order valence-electron chi connectivity index (χ1n) is 8.07. The number of benzene rings is 2. The Morgan fingerprint density at radius 3 is 2.83 bits per heavy atom. The maximum atomic E-state index is 10.1. The van der Waals surface area contributed by atoms with Crippen molar-refractivity contribution in [1.29, 1.82) is 0 Å². The van der Waals surface area contributed by atoms with E-state index in [-0.39, 0.29) is 12.4 Å². The van der Waals surface area contributed by atoms with Crippen LogP contribution in [-0.4, -0.2) is 23.4 Å². The minimum Gasteiger partial charge on any atom is -0.508 e. The van der Waals surface area contributed by atoms with E-state index in [9.17, 15) is 10.2 Å². The lowest BCUT2D eigenvalue weighted by atomic mass is 9.92. The maximum absolute atomic E-state index is 10.1. The number of hydrogen-bond acceptors (Lipinski definition) is 4. The fourth-order valence-electron chi connectivity index (χ4n) is 3.32. The standard InChI is InChI=1S/C19H23NO3/c1-2-23-16-7-8-18(22)15(11-16)12-20-19(13-21)10-9-14-5-3-4-6-17(14)19/h3-8,11,20-22H,2,9-10,12-13H2,1H3. The summed E-state index contributed by atoms with van der Waals surface area (Å²) in [6, 6.07) is 13.5. The Kier molecular flexibility index (Phi) is 4.55. The number of hydrogen-bond donors (Lipinski definition) is 3. The topological polar surface area (TPSA) is 61.7 Å². The number of phenolic OH excluding ortho intramolecular Hbond substituents is 1. The third-order valence-electron chi connectivity index (χ3n) is 4.60. The maximum Gasteiger partial charge on any atom is 0.120 e. The van der Waals surface area contributed by atoms with Crippen LogP contribution in [0.2, 0.25) is 0 Å². The van der Waals surface area contributed by atoms with E-state index < -0.39 is 5.54 Å². The molecule has 0 aliphatic heterocycles. The van der Waals surface area contributed by atoms with Gasteiger partial charge in [-0.3, -0.25) is 0 Å². The number of aliphatic hydroxyl groups is 1. The highest BCUT2D eigenvalue weighted by Gasteiger charge is 2.37. The predicted octanol–water partition coefficient (Wildman–Crippen LogP) is 2.71. The second kappa shape index (κ2) is 6.60. The number of aliphatic hydroxyl groups excluding tert-OH is 1. The highest BCUT2D eigenvalue weighted by molar-refractivity contribution is 5.41. The molecule has 0 fully saturated rings. The molecule has 3 rings (SSSR count). The third kappa shape index (κ3) is 3.05. The lowest BCUT2D eigenvalue weighted by Gasteiger charge is -2.30. The number of ether oxygens (including phenoxy) is 1. The van der Waals surface area contributed by atoms with Crippen LogP contribution in [0.15, 0.2) is 42.5 Å². The first-order valence-corrected chi connectivity index (χ1v) is 8.07. The SMILES string of the molecule is CCOc1ccc(O)c(CNC2(CO)CCc3ccccc32)c1. The summed E-state index contributed by atoms with van der Waals surface area (Å²) in [5.41, 5.74) is 2.77. The first-order chi connectivity index (χ1) is 11.2. The van der Waals surface area contributed by atoms with Gasteiger partial charge in [0, 0.05) is 12.1 Å². The van der Waals surface area contributed by atoms with Gasteiger partial charge in [0.1, 0.15) is 11.5 Å². The van der Waals surface area contributed by atoms with Gasteiger partial charge in [-0.15, -0.1) is 0 Å². The number of aryl methyl sites for hydroxylation is 1. The van der Waals surface area contributed by atoms with E-state index in [2.05, 4.69) is 17.4 Å². The second-order valence-corrected chi connectivity index (χ2v) is 5.97. The van der Waals surface area contributed by atoms with Crippen LogP contribution in [-0.2, 0) is 18.5 Å². The number of phenols is 1. The molecule has 122 valence electrons. The van der Waals surface area contributed by atoms with Crippen LogP contribution < -0.4 is 10.1 Å². The van der Waals surface area contributed by atoms with Crippen molar-refractivity contribution in [3.63, 3.8) is 0 Å². The van der Waals surface area contributed by atoms with E-state index in [1.54, 1.807) is 12.1 Å². The molecule has 0 amide bonds. The van der Waals surface area contributed by atoms with E-state index in [4.69, 9.17) is 4.74 Å². The van der Waals surface area contributed by atoms with E-state index in [0.717, 1.165) is 29.7 Å². The van der Waals surface area contributed by atoms with Gasteiger partial charge >= 0.3 is 0 Å². The average molecular weight is 313 g/mol. The molecule has 1 atom stereocenters. The molecular formula is C19H23NO3. The van der Waals surface area contributed by atoms with Crippen molar-refractivity contribution in [3.05, 3.63) is 59.2 Å². The zero-order chi connectivity index (χ0) is 16.3. The van der Waals surface area contributed by atoms with Crippen molar-refractivity contribution in [3.8, 4) is 11.5 Å². The van der Waals surface area contributed by atoms with E-state index in [0.29, 0.717) is 13.2 Å². The lowest BCUT2D eigenvalue weighted by molar-refractivity contribution is 0.158. The van der Waals surface area contributed by atoms with E-state index in [1.165, 1.54) is 5.56 Å². The van der Waals surface area contributed by atoms with Gasteiger partial charge < -0.3 is 20.3 Å². The van der Waals surface area contributed by atoms with Crippen LogP contribution in [0.4, 0.5) is 0 Å². The summed E-state index contributed by atoms with van der Waals surface area (Å²) in [4.78, 5) is 0. The van der Waals surface area contributed by atoms with Crippen LogP contribution in [0.5, 0.6) is 11.5 Å². The van der Waals surface area contributed by atoms with Gasteiger partial charge in [-0.05, 0) is 49.1 Å². The number of aromatic hydroxyl groups is 1. The quantitative estimate of drug-likeness (QED) is 0.767. The van der Waals surface area contributed by atoms with Crippen molar-refractivity contribution >= 4 is 0 Å². The summed E-state index contributed by atoms with van der Waals surface area (Å²) in [5.74, 6) is 0.979. The largest absolute Gasteiger partial charge is 0.508 e. The van der Waals surface area contributed by atoms with Crippen LogP contribution in [0, 0.1) is 0 Å². The molecule has 0 radical (unpaired) electrons. The van der Waals surface area contributed by atoms with Gasteiger partial charge in [0.2, 0.25) is 0 Å². The van der Waals surface area contributed by atoms with Crippen molar-refractivity contribution in [1.82, 2.24) is 5.32 Å². The molecule has 2 aromatic carbocycles. The smallest absolute Gasteiger partial charge is 0.120 e. The van der Waals surface area contributed by atoms with Crippen LogP contribution >= 0.6 is 0 Å². The minimum absolute atomic E-state index is 0.0376. The third-order valence-corrected chi connectivity index (χ3v) is 4.60. The minimum atomic E-state index is -0.440. The Balaban J connectivity index is 1.81. The molecule has 1 aliphatic rings. The van der Waals surface area contributed by atoms with Crippen LogP contribution in [0.3, 0.4) is 0 Å². The van der Waals surface area contributed by atoms with Gasteiger partial charge in [0.25, 0.3) is 0 Å². The summed E-state index contributed by atoms with van der Waals surface area (Å²) in [6.45, 7) is 3.03. The Hall–Kier alpha value is -2.04. The first kappa shape index (κ1) is 15.8. The molecular weight excluding hydrogens is 290 g/mol. The molecule has 0 saturated carbocycles. The van der Waals surface area contributed by atoms with E-state index in [1.807, 2.05) is 25.1 Å². The highest BCUT2D eigenvalue weighted by Crippen LogP contribution is 2.37. The molecule has 0 aromatic heterocycles. The molecule has 0 spiro atoms. The molecule has 4 nitrogen and oxygen atoms in total. The number of fused-ring (bicyclic) bond motifs is 1. The molecule has 3 N–H and O–H groups in total. The summed E-state index contributed by atoms with van der Waals surface area (Å²) >= 11 is 0. The van der Waals surface area contributed by atoms with Gasteiger partial charge in [-0.1, -0.05) is 24.3 Å². The van der Waals surface area contributed by atoms with Gasteiger partial charge in [0.05, 0.1) is 18.8 Å². The van der Waals surface area contributed by atoms with Crippen molar-refractivity contribution in [2.45, 2.75) is 31.8 Å². The molecule has 2 aromatic rings. The van der Waals surface area contributed by atoms with Crippen molar-refractivity contribution in [2.75, 3.05) is 13.2 Å². The predicted molar refractivity (Wildman–Crippen MR) is 89.6 cm³/mol. The average Bonchev–Trinajstić information content (AvgIpc) is 2.95. The summed E-state index contributed by atoms with van der Waals surface area (Å²) in [6.07, 6.45) is 1.81. The van der Waals surface area contributed by atoms with Gasteiger partial charge in [-0.25, -0.2) is 0 Å². The molecule has 0 bridgehead atoms. The summed E-state index contributed by atoms with van der Waals surface area (Å²) < 4.78 is 5.49. The number of nitrogens with one attached hydrogen (secondary N) is 1. The zero-order valence-corrected chi connectivity index (χ0v) is 13.4. The Morgan fingerprint density at radius 1 is 1.22 bits per heavy atom. The Morgan fingerprint density at radius 2 is 2.04 bits per heavy atom. The van der Waals surface area contributed by atoms with Crippen molar-refractivity contribution in [2.24, 2.45) is 0 Å². The molecule has 0 heterocycles. The highest BCUT2D eigenvalue weighted by atomic mass is 16.5. The van der Waals surface area contributed by atoms with Gasteiger partial charge in [-0.2, -0.15) is 0 Å². The molecule has 23 heavy (non-hydrogen) atoms. The fourth-order valence-corrected chi connectivity index (χ4v) is 3.32. The molecule has 1 unspecified atom stereocenters. The van der Waals surface area contributed by atoms with Gasteiger partial charge in [0.15, 0.2) is 0 Å². The Labute approximate surface area is 136 Å². The van der Waals surface area contributed by atoms with Crippen LogP contribution in [0.1, 0.15) is 30.0 Å². The Bertz CT molecular complexity index is 686. The fraction of sp³-hybridized carbons (Fsp3) is 0.368. The summed E-state index contributed by atoms with van der Waals surface area (Å²) in [7, 11) is 0. The van der Waals surface area contributed by atoms with Crippen molar-refractivity contribution < 1.29 is 14.9 Å².